The Bertz CT molecular complexity index is 625. The van der Waals surface area contributed by atoms with Crippen molar-refractivity contribution >= 4 is 21.9 Å². The standard InChI is InChI=1S/C13H12BrFN2O2/c1-8-16-12(13(18)19-2)7-17(8)6-9-3-4-10(14)5-11(9)15/h3-5,7H,6H2,1-2H3. The Kier molecular flexibility index (Phi) is 3.99. The van der Waals surface area contributed by atoms with Gasteiger partial charge in [0.15, 0.2) is 5.69 Å². The van der Waals surface area contributed by atoms with Crippen LogP contribution in [0.25, 0.3) is 0 Å². The van der Waals surface area contributed by atoms with Crippen LogP contribution in [0.4, 0.5) is 4.39 Å². The van der Waals surface area contributed by atoms with Crippen molar-refractivity contribution in [3.63, 3.8) is 0 Å². The van der Waals surface area contributed by atoms with Crippen LogP contribution in [0.3, 0.4) is 0 Å². The predicted molar refractivity (Wildman–Crippen MR) is 71.5 cm³/mol. The summed E-state index contributed by atoms with van der Waals surface area (Å²) in [7, 11) is 1.30. The number of carbonyl (C=O) groups excluding carboxylic acids is 1. The number of benzene rings is 1. The molecular weight excluding hydrogens is 315 g/mol. The molecule has 0 aliphatic carbocycles. The van der Waals surface area contributed by atoms with Gasteiger partial charge in [0.1, 0.15) is 11.6 Å². The van der Waals surface area contributed by atoms with Gasteiger partial charge < -0.3 is 9.30 Å². The van der Waals surface area contributed by atoms with E-state index in [0.29, 0.717) is 22.4 Å². The van der Waals surface area contributed by atoms with Crippen LogP contribution in [0.1, 0.15) is 21.9 Å². The van der Waals surface area contributed by atoms with Crippen molar-refractivity contribution in [1.29, 1.82) is 0 Å². The first-order valence-electron chi connectivity index (χ1n) is 5.57. The Morgan fingerprint density at radius 3 is 2.89 bits per heavy atom. The number of halogens is 2. The van der Waals surface area contributed by atoms with Gasteiger partial charge in [0, 0.05) is 16.2 Å². The molecule has 0 bridgehead atoms. The predicted octanol–water partition coefficient (Wildman–Crippen LogP) is 2.93. The molecule has 1 aromatic carbocycles. The lowest BCUT2D eigenvalue weighted by molar-refractivity contribution is 0.0594. The number of hydrogen-bond acceptors (Lipinski definition) is 3. The molecule has 6 heteroatoms. The molecule has 0 atom stereocenters. The van der Waals surface area contributed by atoms with Crippen molar-refractivity contribution in [2.45, 2.75) is 13.5 Å². The summed E-state index contributed by atoms with van der Waals surface area (Å²) >= 11 is 3.21. The second-order valence-electron chi connectivity index (χ2n) is 4.03. The van der Waals surface area contributed by atoms with E-state index in [4.69, 9.17) is 0 Å². The molecule has 0 unspecified atom stereocenters. The molecule has 0 amide bonds. The topological polar surface area (TPSA) is 44.1 Å². The molecule has 1 aromatic heterocycles. The molecule has 1 heterocycles. The Morgan fingerprint density at radius 2 is 2.26 bits per heavy atom. The van der Waals surface area contributed by atoms with E-state index < -0.39 is 5.97 Å². The molecule has 4 nitrogen and oxygen atoms in total. The van der Waals surface area contributed by atoms with Crippen LogP contribution in [0.2, 0.25) is 0 Å². The van der Waals surface area contributed by atoms with Gasteiger partial charge in [-0.2, -0.15) is 0 Å². The van der Waals surface area contributed by atoms with E-state index in [1.54, 1.807) is 29.8 Å². The third-order valence-electron chi connectivity index (χ3n) is 2.73. The highest BCUT2D eigenvalue weighted by molar-refractivity contribution is 9.10. The lowest BCUT2D eigenvalue weighted by Crippen LogP contribution is -2.03. The van der Waals surface area contributed by atoms with Crippen LogP contribution in [0.15, 0.2) is 28.9 Å². The van der Waals surface area contributed by atoms with Gasteiger partial charge in [0.2, 0.25) is 0 Å². The molecule has 0 N–H and O–H groups in total. The van der Waals surface area contributed by atoms with Crippen LogP contribution in [0.5, 0.6) is 0 Å². The van der Waals surface area contributed by atoms with E-state index in [9.17, 15) is 9.18 Å². The largest absolute Gasteiger partial charge is 0.464 e. The fourth-order valence-electron chi connectivity index (χ4n) is 1.70. The summed E-state index contributed by atoms with van der Waals surface area (Å²) in [6, 6.07) is 4.87. The fraction of sp³-hybridized carbons (Fsp3) is 0.231. The molecule has 19 heavy (non-hydrogen) atoms. The highest BCUT2D eigenvalue weighted by Crippen LogP contribution is 2.17. The van der Waals surface area contributed by atoms with Gasteiger partial charge >= 0.3 is 5.97 Å². The second-order valence-corrected chi connectivity index (χ2v) is 4.94. The van der Waals surface area contributed by atoms with Crippen molar-refractivity contribution < 1.29 is 13.9 Å². The molecule has 2 aromatic rings. The second kappa shape index (κ2) is 5.52. The van der Waals surface area contributed by atoms with Gasteiger partial charge in [0.05, 0.1) is 13.7 Å². The molecular formula is C13H12BrFN2O2. The van der Waals surface area contributed by atoms with Gasteiger partial charge in [-0.25, -0.2) is 14.2 Å². The average Bonchev–Trinajstić information content (AvgIpc) is 2.73. The molecule has 2 rings (SSSR count). The molecule has 0 aliphatic rings. The molecule has 0 saturated heterocycles. The average molecular weight is 327 g/mol. The molecule has 0 spiro atoms. The lowest BCUT2D eigenvalue weighted by atomic mass is 10.2. The third-order valence-corrected chi connectivity index (χ3v) is 3.22. The zero-order valence-corrected chi connectivity index (χ0v) is 12.1. The van der Waals surface area contributed by atoms with Gasteiger partial charge in [-0.15, -0.1) is 0 Å². The van der Waals surface area contributed by atoms with Crippen LogP contribution in [-0.2, 0) is 11.3 Å². The van der Waals surface area contributed by atoms with Crippen molar-refractivity contribution in [3.05, 3.63) is 51.8 Å². The molecule has 0 radical (unpaired) electrons. The number of carbonyl (C=O) groups is 1. The van der Waals surface area contributed by atoms with Gasteiger partial charge in [-0.05, 0) is 19.1 Å². The van der Waals surface area contributed by atoms with Crippen molar-refractivity contribution in [2.75, 3.05) is 7.11 Å². The maximum Gasteiger partial charge on any atom is 0.358 e. The summed E-state index contributed by atoms with van der Waals surface area (Å²) in [6.07, 6.45) is 1.56. The van der Waals surface area contributed by atoms with Gasteiger partial charge in [-0.1, -0.05) is 22.0 Å². The van der Waals surface area contributed by atoms with E-state index in [2.05, 4.69) is 25.7 Å². The SMILES string of the molecule is COC(=O)c1cn(Cc2ccc(Br)cc2F)c(C)n1. The Balaban J connectivity index is 2.28. The maximum atomic E-state index is 13.7. The maximum absolute atomic E-state index is 13.7. The van der Waals surface area contributed by atoms with E-state index >= 15 is 0 Å². The summed E-state index contributed by atoms with van der Waals surface area (Å²) in [6.45, 7) is 2.07. The fourth-order valence-corrected chi connectivity index (χ4v) is 2.04. The number of ether oxygens (including phenoxy) is 1. The number of aromatic nitrogens is 2. The van der Waals surface area contributed by atoms with Crippen LogP contribution < -0.4 is 0 Å². The summed E-state index contributed by atoms with van der Waals surface area (Å²) in [5.74, 6) is -0.178. The van der Waals surface area contributed by atoms with Gasteiger partial charge in [0.25, 0.3) is 0 Å². The van der Waals surface area contributed by atoms with Crippen LogP contribution in [0, 0.1) is 12.7 Å². The number of nitrogens with zero attached hydrogens (tertiary/aromatic N) is 2. The van der Waals surface area contributed by atoms with Crippen LogP contribution in [-0.4, -0.2) is 22.6 Å². The highest BCUT2D eigenvalue weighted by Gasteiger charge is 2.13. The van der Waals surface area contributed by atoms with Gasteiger partial charge in [-0.3, -0.25) is 0 Å². The quantitative estimate of drug-likeness (QED) is 0.814. The minimum atomic E-state index is -0.502. The molecule has 0 aliphatic heterocycles. The number of hydrogen-bond donors (Lipinski definition) is 0. The summed E-state index contributed by atoms with van der Waals surface area (Å²) in [5.41, 5.74) is 0.748. The molecule has 0 fully saturated rings. The number of esters is 1. The van der Waals surface area contributed by atoms with Crippen molar-refractivity contribution in [3.8, 4) is 0 Å². The van der Waals surface area contributed by atoms with E-state index in [1.807, 2.05) is 0 Å². The first kappa shape index (κ1) is 13.7. The van der Waals surface area contributed by atoms with Crippen molar-refractivity contribution in [1.82, 2.24) is 9.55 Å². The Hall–Kier alpha value is -1.69. The Labute approximate surface area is 118 Å². The first-order chi connectivity index (χ1) is 9.01. The zero-order chi connectivity index (χ0) is 14.0. The monoisotopic (exact) mass is 326 g/mol. The number of aryl methyl sites for hydroxylation is 1. The summed E-state index contributed by atoms with van der Waals surface area (Å²) < 4.78 is 20.7. The van der Waals surface area contributed by atoms with Crippen LogP contribution >= 0.6 is 15.9 Å². The molecule has 0 saturated carbocycles. The third kappa shape index (κ3) is 3.01. The number of imidazole rings is 1. The normalized spacial score (nSPS) is 10.5. The summed E-state index contributed by atoms with van der Waals surface area (Å²) in [5, 5.41) is 0. The Morgan fingerprint density at radius 1 is 1.53 bits per heavy atom. The number of methoxy groups -OCH3 is 1. The number of rotatable bonds is 3. The minimum absolute atomic E-state index is 0.220. The lowest BCUT2D eigenvalue weighted by Gasteiger charge is -2.06. The summed E-state index contributed by atoms with van der Waals surface area (Å²) in [4.78, 5) is 15.4. The van der Waals surface area contributed by atoms with E-state index in [1.165, 1.54) is 13.2 Å². The van der Waals surface area contributed by atoms with Crippen molar-refractivity contribution in [2.24, 2.45) is 0 Å². The molecule has 100 valence electrons. The zero-order valence-electron chi connectivity index (χ0n) is 10.5. The first-order valence-corrected chi connectivity index (χ1v) is 6.36. The van der Waals surface area contributed by atoms with E-state index in [0.717, 1.165) is 0 Å². The van der Waals surface area contributed by atoms with E-state index in [-0.39, 0.29) is 11.5 Å². The smallest absolute Gasteiger partial charge is 0.358 e. The highest BCUT2D eigenvalue weighted by atomic mass is 79.9. The minimum Gasteiger partial charge on any atom is -0.464 e.